The number of nitrogens with one attached hydrogen (secondary N) is 1. The van der Waals surface area contributed by atoms with Crippen LogP contribution in [0.4, 0.5) is 4.79 Å². The lowest BCUT2D eigenvalue weighted by Crippen LogP contribution is -2.36. The fourth-order valence-corrected chi connectivity index (χ4v) is 2.39. The summed E-state index contributed by atoms with van der Waals surface area (Å²) in [5.74, 6) is 0.502. The molecule has 0 aromatic heterocycles. The number of carbonyl (C=O) groups excluding carboxylic acids is 1. The highest BCUT2D eigenvalue weighted by Gasteiger charge is 2.26. The first-order chi connectivity index (χ1) is 12.6. The second-order valence-electron chi connectivity index (χ2n) is 7.30. The molecule has 1 amide bonds. The summed E-state index contributed by atoms with van der Waals surface area (Å²) in [6.45, 7) is 9.30. The molecule has 0 radical (unpaired) electrons. The van der Waals surface area contributed by atoms with Gasteiger partial charge in [0.2, 0.25) is 5.43 Å². The summed E-state index contributed by atoms with van der Waals surface area (Å²) in [5, 5.41) is 2.59. The maximum Gasteiger partial charge on any atom is 0.407 e. The number of alkyl carbamates (subject to hydrolysis) is 1. The van der Waals surface area contributed by atoms with Crippen LogP contribution in [0.25, 0.3) is 11.1 Å². The molecule has 0 unspecified atom stereocenters. The van der Waals surface area contributed by atoms with E-state index in [9.17, 15) is 14.4 Å². The molecule has 0 aliphatic rings. The summed E-state index contributed by atoms with van der Waals surface area (Å²) in [7, 11) is 0. The monoisotopic (exact) mass is 375 g/mol. The topological polar surface area (TPSA) is 90.9 Å². The van der Waals surface area contributed by atoms with Crippen LogP contribution in [0.1, 0.15) is 34.6 Å². The molecule has 0 saturated heterocycles. The van der Waals surface area contributed by atoms with Crippen molar-refractivity contribution in [2.24, 2.45) is 0 Å². The second-order valence-corrected chi connectivity index (χ2v) is 7.30. The molecule has 1 N–H and O–H groups in total. The Bertz CT molecular complexity index is 871. The summed E-state index contributed by atoms with van der Waals surface area (Å²) in [6.07, 6.45) is -0.757. The third-order valence-electron chi connectivity index (χ3n) is 3.40. The van der Waals surface area contributed by atoms with Gasteiger partial charge in [-0.1, -0.05) is 18.2 Å². The van der Waals surface area contributed by atoms with E-state index in [2.05, 4.69) is 5.32 Å². The fraction of sp³-hybridized carbons (Fsp3) is 0.450. The van der Waals surface area contributed by atoms with Crippen molar-refractivity contribution in [1.82, 2.24) is 5.32 Å². The Morgan fingerprint density at radius 1 is 1.11 bits per heavy atom. The summed E-state index contributed by atoms with van der Waals surface area (Å²) in [5.41, 5.74) is -1.07. The summed E-state index contributed by atoms with van der Waals surface area (Å²) in [4.78, 5) is 35.5. The molecule has 7 heteroatoms. The highest BCUT2D eigenvalue weighted by molar-refractivity contribution is 5.78. The summed E-state index contributed by atoms with van der Waals surface area (Å²) >= 11 is 0. The third-order valence-corrected chi connectivity index (χ3v) is 3.40. The number of hydrogen-bond donors (Lipinski definition) is 1. The lowest BCUT2D eigenvalue weighted by Gasteiger charge is -2.20. The number of amides is 1. The number of para-hydroxylation sites is 1. The van der Waals surface area contributed by atoms with Crippen LogP contribution in [0.2, 0.25) is 0 Å². The zero-order valence-electron chi connectivity index (χ0n) is 16.3. The van der Waals surface area contributed by atoms with Crippen LogP contribution >= 0.6 is 0 Å². The molecule has 2 aromatic carbocycles. The number of benzene rings is 1. The van der Waals surface area contributed by atoms with Gasteiger partial charge in [0.15, 0.2) is 5.75 Å². The fourth-order valence-electron chi connectivity index (χ4n) is 2.39. The van der Waals surface area contributed by atoms with Crippen LogP contribution in [0.15, 0.2) is 33.9 Å². The molecule has 27 heavy (non-hydrogen) atoms. The quantitative estimate of drug-likeness (QED) is 0.591. The van der Waals surface area contributed by atoms with Gasteiger partial charge >= 0.3 is 6.09 Å². The van der Waals surface area contributed by atoms with Crippen molar-refractivity contribution in [3.63, 3.8) is 0 Å². The van der Waals surface area contributed by atoms with Gasteiger partial charge in [-0.2, -0.15) is 0 Å². The van der Waals surface area contributed by atoms with Crippen molar-refractivity contribution in [1.29, 1.82) is 0 Å². The zero-order chi connectivity index (χ0) is 20.2. The maximum atomic E-state index is 12.0. The average Bonchev–Trinajstić information content (AvgIpc) is 2.57. The molecule has 0 atom stereocenters. The average molecular weight is 375 g/mol. The molecular formula is C20H25NO6. The maximum absolute atomic E-state index is 12.0. The molecule has 0 saturated carbocycles. The first-order valence-electron chi connectivity index (χ1n) is 8.79. The Labute approximate surface area is 157 Å². The largest absolute Gasteiger partial charge is 0.491 e. The predicted molar refractivity (Wildman–Crippen MR) is 102 cm³/mol. The molecule has 0 heterocycles. The van der Waals surface area contributed by atoms with E-state index in [-0.39, 0.29) is 30.6 Å². The number of hydrogen-bond acceptors (Lipinski definition) is 6. The molecule has 0 bridgehead atoms. The Kier molecular flexibility index (Phi) is 6.25. The molecule has 2 rings (SSSR count). The first-order valence-corrected chi connectivity index (χ1v) is 8.79. The molecule has 0 spiro atoms. The molecule has 7 nitrogen and oxygen atoms in total. The molecular weight excluding hydrogens is 350 g/mol. The van der Waals surface area contributed by atoms with Crippen LogP contribution in [-0.2, 0) is 4.74 Å². The Hall–Kier alpha value is -2.83. The van der Waals surface area contributed by atoms with Crippen LogP contribution in [0.3, 0.4) is 0 Å². The van der Waals surface area contributed by atoms with E-state index in [1.165, 1.54) is 0 Å². The molecule has 0 aliphatic carbocycles. The van der Waals surface area contributed by atoms with E-state index in [1.807, 2.05) is 0 Å². The van der Waals surface area contributed by atoms with Crippen LogP contribution in [-0.4, -0.2) is 30.9 Å². The van der Waals surface area contributed by atoms with Gasteiger partial charge in [-0.15, -0.1) is 0 Å². The van der Waals surface area contributed by atoms with E-state index in [4.69, 9.17) is 14.2 Å². The summed E-state index contributed by atoms with van der Waals surface area (Å²) in [6, 6.07) is 6.89. The summed E-state index contributed by atoms with van der Waals surface area (Å²) < 4.78 is 16.3. The van der Waals surface area contributed by atoms with Crippen LogP contribution < -0.4 is 25.6 Å². The lowest BCUT2D eigenvalue weighted by molar-refractivity contribution is 0.0520. The van der Waals surface area contributed by atoms with Gasteiger partial charge in [-0.25, -0.2) is 4.79 Å². The number of carbonyl (C=O) groups is 1. The first kappa shape index (κ1) is 20.5. The SMILES string of the molecule is CC(C)Oc1c(-c2ccccc2OCCNC(=O)OC(C)(C)C)c(=O)c1=O. The molecule has 2 aromatic rings. The van der Waals surface area contributed by atoms with Crippen molar-refractivity contribution in [3.05, 3.63) is 44.7 Å². The van der Waals surface area contributed by atoms with Gasteiger partial charge in [0.1, 0.15) is 18.0 Å². The van der Waals surface area contributed by atoms with Gasteiger partial charge < -0.3 is 19.5 Å². The normalized spacial score (nSPS) is 11.5. The van der Waals surface area contributed by atoms with Crippen molar-refractivity contribution in [2.45, 2.75) is 46.3 Å². The molecule has 0 fully saturated rings. The zero-order valence-corrected chi connectivity index (χ0v) is 16.3. The van der Waals surface area contributed by atoms with E-state index in [1.54, 1.807) is 58.9 Å². The highest BCUT2D eigenvalue weighted by atomic mass is 16.6. The Balaban J connectivity index is 2.05. The van der Waals surface area contributed by atoms with E-state index < -0.39 is 22.6 Å². The van der Waals surface area contributed by atoms with E-state index in [0.29, 0.717) is 11.3 Å². The smallest absolute Gasteiger partial charge is 0.407 e. The number of rotatable bonds is 7. The van der Waals surface area contributed by atoms with Crippen molar-refractivity contribution >= 4 is 6.09 Å². The minimum atomic E-state index is -0.625. The Morgan fingerprint density at radius 2 is 1.78 bits per heavy atom. The number of ether oxygens (including phenoxy) is 3. The third kappa shape index (κ3) is 5.32. The highest BCUT2D eigenvalue weighted by Crippen LogP contribution is 2.33. The van der Waals surface area contributed by atoms with Crippen LogP contribution in [0.5, 0.6) is 11.5 Å². The minimum Gasteiger partial charge on any atom is -0.491 e. The lowest BCUT2D eigenvalue weighted by atomic mass is 9.99. The van der Waals surface area contributed by atoms with Gasteiger partial charge in [-0.3, -0.25) is 9.59 Å². The van der Waals surface area contributed by atoms with Gasteiger partial charge in [0, 0.05) is 5.56 Å². The van der Waals surface area contributed by atoms with E-state index >= 15 is 0 Å². The van der Waals surface area contributed by atoms with Gasteiger partial charge in [-0.05, 0) is 40.7 Å². The van der Waals surface area contributed by atoms with Gasteiger partial charge in [0.25, 0.3) is 5.43 Å². The van der Waals surface area contributed by atoms with Crippen molar-refractivity contribution in [3.8, 4) is 22.6 Å². The second kappa shape index (κ2) is 8.24. The van der Waals surface area contributed by atoms with Crippen LogP contribution in [0, 0.1) is 0 Å². The minimum absolute atomic E-state index is 0.0675. The van der Waals surface area contributed by atoms with Crippen molar-refractivity contribution in [2.75, 3.05) is 13.2 Å². The standard InChI is InChI=1S/C20H25NO6/c1-12(2)26-18-15(16(22)17(18)23)13-8-6-7-9-14(13)25-11-10-21-19(24)27-20(3,4)5/h6-9,12H,10-11H2,1-5H3,(H,21,24). The van der Waals surface area contributed by atoms with Crippen molar-refractivity contribution < 1.29 is 19.0 Å². The molecule has 146 valence electrons. The predicted octanol–water partition coefficient (Wildman–Crippen LogP) is 2.64. The van der Waals surface area contributed by atoms with E-state index in [0.717, 1.165) is 0 Å². The van der Waals surface area contributed by atoms with Gasteiger partial charge in [0.05, 0.1) is 18.2 Å². The molecule has 0 aliphatic heterocycles. The Morgan fingerprint density at radius 3 is 2.41 bits per heavy atom.